The number of rotatable bonds is 6. The molecule has 8 heteroatoms. The molecule has 168 valence electrons. The Morgan fingerprint density at radius 2 is 1.87 bits per heavy atom. The van der Waals surface area contributed by atoms with E-state index in [9.17, 15) is 4.79 Å². The van der Waals surface area contributed by atoms with Gasteiger partial charge in [0.05, 0.1) is 6.04 Å². The number of anilines is 1. The van der Waals surface area contributed by atoms with E-state index in [0.29, 0.717) is 25.6 Å². The van der Waals surface area contributed by atoms with Gasteiger partial charge < -0.3 is 15.1 Å². The van der Waals surface area contributed by atoms with Gasteiger partial charge in [0.2, 0.25) is 0 Å². The fraction of sp³-hybridized carbons (Fsp3) is 0.609. The summed E-state index contributed by atoms with van der Waals surface area (Å²) in [5.74, 6) is 2.16. The smallest absolute Gasteiger partial charge is 0.317 e. The lowest BCUT2D eigenvalue weighted by Crippen LogP contribution is -2.53. The predicted molar refractivity (Wildman–Crippen MR) is 126 cm³/mol. The van der Waals surface area contributed by atoms with Crippen LogP contribution in [0.5, 0.6) is 0 Å². The Kier molecular flexibility index (Phi) is 7.07. The number of nitrogens with zero attached hydrogens (tertiary/aromatic N) is 5. The van der Waals surface area contributed by atoms with E-state index in [2.05, 4.69) is 51.5 Å². The topological polar surface area (TPSA) is 64.6 Å². The predicted octanol–water partition coefficient (Wildman–Crippen LogP) is 3.64. The molecule has 4 rings (SSSR count). The maximum absolute atomic E-state index is 12.9. The minimum atomic E-state index is 0.0436. The van der Waals surface area contributed by atoms with Crippen molar-refractivity contribution in [3.05, 3.63) is 40.0 Å². The van der Waals surface area contributed by atoms with Crippen molar-refractivity contribution in [3.63, 3.8) is 0 Å². The average molecular weight is 443 g/mol. The second-order valence-corrected chi connectivity index (χ2v) is 9.79. The van der Waals surface area contributed by atoms with Gasteiger partial charge in [-0.2, -0.15) is 0 Å². The Morgan fingerprint density at radius 1 is 1.13 bits per heavy atom. The van der Waals surface area contributed by atoms with Gasteiger partial charge in [-0.25, -0.2) is 14.8 Å². The zero-order valence-electron chi connectivity index (χ0n) is 18.9. The summed E-state index contributed by atoms with van der Waals surface area (Å²) in [7, 11) is 0. The lowest BCUT2D eigenvalue weighted by Gasteiger charge is -2.36. The molecule has 4 heterocycles. The van der Waals surface area contributed by atoms with Crippen LogP contribution >= 0.6 is 11.3 Å². The normalized spacial score (nSPS) is 18.6. The summed E-state index contributed by atoms with van der Waals surface area (Å²) in [5.41, 5.74) is 0.996. The molecule has 0 saturated carbocycles. The summed E-state index contributed by atoms with van der Waals surface area (Å²) in [6.45, 7) is 12.2. The van der Waals surface area contributed by atoms with Crippen LogP contribution in [-0.4, -0.2) is 71.6 Å². The molecule has 2 fully saturated rings. The molecule has 0 aliphatic carbocycles. The van der Waals surface area contributed by atoms with Crippen LogP contribution in [0.3, 0.4) is 0 Å². The number of nitrogens with one attached hydrogen (secondary N) is 1. The summed E-state index contributed by atoms with van der Waals surface area (Å²) in [5, 5.41) is 5.34. The minimum absolute atomic E-state index is 0.0436. The van der Waals surface area contributed by atoms with Crippen LogP contribution in [0.4, 0.5) is 10.6 Å². The Bertz CT molecular complexity index is 857. The minimum Gasteiger partial charge on any atom is -0.353 e. The highest BCUT2D eigenvalue weighted by molar-refractivity contribution is 7.10. The van der Waals surface area contributed by atoms with Crippen LogP contribution in [0.1, 0.15) is 55.0 Å². The van der Waals surface area contributed by atoms with Crippen LogP contribution in [-0.2, 0) is 0 Å². The van der Waals surface area contributed by atoms with Gasteiger partial charge in [0, 0.05) is 55.3 Å². The number of thiophene rings is 1. The third-order valence-electron chi connectivity index (χ3n) is 6.16. The first-order valence-corrected chi connectivity index (χ1v) is 12.3. The zero-order chi connectivity index (χ0) is 21.8. The van der Waals surface area contributed by atoms with Crippen molar-refractivity contribution in [1.29, 1.82) is 0 Å². The Hall–Kier alpha value is -2.19. The molecule has 1 atom stereocenters. The summed E-state index contributed by atoms with van der Waals surface area (Å²) in [4.78, 5) is 30.2. The molecular weight excluding hydrogens is 408 g/mol. The maximum Gasteiger partial charge on any atom is 0.317 e. The molecule has 0 spiro atoms. The number of hydrogen-bond donors (Lipinski definition) is 1. The van der Waals surface area contributed by atoms with Gasteiger partial charge in [0.15, 0.2) is 0 Å². The zero-order valence-corrected chi connectivity index (χ0v) is 19.7. The number of urea groups is 1. The highest BCUT2D eigenvalue weighted by Crippen LogP contribution is 2.28. The van der Waals surface area contributed by atoms with Gasteiger partial charge in [0.25, 0.3) is 0 Å². The van der Waals surface area contributed by atoms with Crippen molar-refractivity contribution in [1.82, 2.24) is 25.1 Å². The molecule has 1 N–H and O–H groups in total. The van der Waals surface area contributed by atoms with E-state index >= 15 is 0 Å². The third kappa shape index (κ3) is 5.36. The molecule has 2 aliphatic rings. The molecule has 2 amide bonds. The standard InChI is InChI=1S/C23H34N6OS/c1-17(2)22-25-18(3)15-21(26-22)28-10-12-29(13-11-28)23(30)24-16-19(20-7-6-14-31-20)27-8-4-5-9-27/h6-7,14-15,17,19H,4-5,8-13,16H2,1-3H3,(H,24,30). The SMILES string of the molecule is Cc1cc(N2CCN(C(=O)NCC(c3cccs3)N3CCCC3)CC2)nc(C(C)C)n1. The second kappa shape index (κ2) is 9.96. The second-order valence-electron chi connectivity index (χ2n) is 8.81. The van der Waals surface area contributed by atoms with Crippen molar-refractivity contribution in [2.45, 2.75) is 45.6 Å². The lowest BCUT2D eigenvalue weighted by molar-refractivity contribution is 0.185. The van der Waals surface area contributed by atoms with Gasteiger partial charge in [-0.1, -0.05) is 19.9 Å². The first-order chi connectivity index (χ1) is 15.0. The van der Waals surface area contributed by atoms with E-state index in [0.717, 1.165) is 43.5 Å². The van der Waals surface area contributed by atoms with Crippen molar-refractivity contribution < 1.29 is 4.79 Å². The molecule has 2 aliphatic heterocycles. The molecule has 2 aromatic rings. The number of aryl methyl sites for hydroxylation is 1. The number of piperazine rings is 1. The van der Waals surface area contributed by atoms with E-state index in [-0.39, 0.29) is 12.1 Å². The largest absolute Gasteiger partial charge is 0.353 e. The lowest BCUT2D eigenvalue weighted by atomic mass is 10.2. The summed E-state index contributed by atoms with van der Waals surface area (Å²) in [6.07, 6.45) is 2.50. The van der Waals surface area contributed by atoms with Crippen LogP contribution in [0.15, 0.2) is 23.6 Å². The van der Waals surface area contributed by atoms with Crippen LogP contribution in [0.2, 0.25) is 0 Å². The van der Waals surface area contributed by atoms with Crippen LogP contribution in [0, 0.1) is 6.92 Å². The molecule has 7 nitrogen and oxygen atoms in total. The summed E-state index contributed by atoms with van der Waals surface area (Å²) >= 11 is 1.78. The molecular formula is C23H34N6OS. The van der Waals surface area contributed by atoms with Gasteiger partial charge in [-0.15, -0.1) is 11.3 Å². The Morgan fingerprint density at radius 3 is 2.52 bits per heavy atom. The first kappa shape index (κ1) is 22.0. The van der Waals surface area contributed by atoms with Crippen LogP contribution < -0.4 is 10.2 Å². The van der Waals surface area contributed by atoms with E-state index in [4.69, 9.17) is 4.98 Å². The Labute approximate surface area is 189 Å². The Balaban J connectivity index is 1.32. The van der Waals surface area contributed by atoms with Crippen molar-refractivity contribution in [3.8, 4) is 0 Å². The third-order valence-corrected chi connectivity index (χ3v) is 7.14. The summed E-state index contributed by atoms with van der Waals surface area (Å²) < 4.78 is 0. The van der Waals surface area contributed by atoms with Gasteiger partial charge >= 0.3 is 6.03 Å². The van der Waals surface area contributed by atoms with Crippen molar-refractivity contribution >= 4 is 23.2 Å². The number of likely N-dealkylation sites (tertiary alicyclic amines) is 1. The molecule has 1 unspecified atom stereocenters. The van der Waals surface area contributed by atoms with E-state index in [1.807, 2.05) is 17.9 Å². The first-order valence-electron chi connectivity index (χ1n) is 11.4. The van der Waals surface area contributed by atoms with E-state index in [1.54, 1.807) is 11.3 Å². The fourth-order valence-corrected chi connectivity index (χ4v) is 5.23. The van der Waals surface area contributed by atoms with E-state index in [1.165, 1.54) is 17.7 Å². The number of aromatic nitrogens is 2. The monoisotopic (exact) mass is 442 g/mol. The highest BCUT2D eigenvalue weighted by Gasteiger charge is 2.27. The van der Waals surface area contributed by atoms with Gasteiger partial charge in [0.1, 0.15) is 11.6 Å². The van der Waals surface area contributed by atoms with Gasteiger partial charge in [-0.05, 0) is 44.3 Å². The van der Waals surface area contributed by atoms with Crippen molar-refractivity contribution in [2.75, 3.05) is 50.7 Å². The molecule has 2 saturated heterocycles. The average Bonchev–Trinajstić information content (AvgIpc) is 3.48. The van der Waals surface area contributed by atoms with Gasteiger partial charge in [-0.3, -0.25) is 4.90 Å². The number of hydrogen-bond acceptors (Lipinski definition) is 6. The van der Waals surface area contributed by atoms with E-state index < -0.39 is 0 Å². The highest BCUT2D eigenvalue weighted by atomic mass is 32.1. The quantitative estimate of drug-likeness (QED) is 0.740. The molecule has 0 bridgehead atoms. The fourth-order valence-electron chi connectivity index (χ4n) is 4.37. The number of amides is 2. The molecule has 31 heavy (non-hydrogen) atoms. The van der Waals surface area contributed by atoms with Crippen LogP contribution in [0.25, 0.3) is 0 Å². The number of carbonyl (C=O) groups is 1. The maximum atomic E-state index is 12.9. The molecule has 2 aromatic heterocycles. The number of carbonyl (C=O) groups excluding carboxylic acids is 1. The van der Waals surface area contributed by atoms with Crippen molar-refractivity contribution in [2.24, 2.45) is 0 Å². The summed E-state index contributed by atoms with van der Waals surface area (Å²) in [6, 6.07) is 6.66. The molecule has 0 radical (unpaired) electrons. The molecule has 0 aromatic carbocycles.